The van der Waals surface area contributed by atoms with Gasteiger partial charge in [0, 0.05) is 17.3 Å². The number of carbonyl (C=O) groups excluding carboxylic acids is 2. The maximum Gasteiger partial charge on any atom is 0.192 e. The number of rotatable bonds is 2. The number of allylic oxidation sites excluding steroid dienone is 4. The molecule has 4 aliphatic carbocycles. The van der Waals surface area contributed by atoms with Crippen LogP contribution < -0.4 is 0 Å². The van der Waals surface area contributed by atoms with E-state index in [1.165, 1.54) is 12.2 Å². The van der Waals surface area contributed by atoms with Crippen LogP contribution in [0, 0.1) is 28.6 Å². The van der Waals surface area contributed by atoms with Gasteiger partial charge in [0.25, 0.3) is 0 Å². The summed E-state index contributed by atoms with van der Waals surface area (Å²) in [6.45, 7) is 2.84. The second-order valence-corrected chi connectivity index (χ2v) is 10.2. The van der Waals surface area contributed by atoms with E-state index in [1.807, 2.05) is 6.92 Å². The Bertz CT molecular complexity index is 810. The molecule has 7 heteroatoms. The molecule has 0 saturated heterocycles. The molecule has 2 N–H and O–H groups in total. The highest BCUT2D eigenvalue weighted by molar-refractivity contribution is 9.12. The lowest BCUT2D eigenvalue weighted by Gasteiger charge is -2.62. The van der Waals surface area contributed by atoms with Crippen molar-refractivity contribution in [2.45, 2.75) is 57.5 Å². The molecule has 0 aromatic rings. The zero-order valence-corrected chi connectivity index (χ0v) is 17.5. The predicted octanol–water partition coefficient (Wildman–Crippen LogP) is 3.21. The minimum absolute atomic E-state index is 0.0697. The van der Waals surface area contributed by atoms with Crippen LogP contribution in [0.3, 0.4) is 0 Å². The van der Waals surface area contributed by atoms with Crippen molar-refractivity contribution in [1.29, 1.82) is 0 Å². The van der Waals surface area contributed by atoms with E-state index in [4.69, 9.17) is 0 Å². The average Bonchev–Trinajstić information content (AvgIpc) is 2.96. The number of Topliss-reactive ketones (excluding diaryl/α,β-unsaturated/α-hetero) is 1. The Morgan fingerprint density at radius 1 is 1.32 bits per heavy atom. The fourth-order valence-electron chi connectivity index (χ4n) is 6.90. The molecule has 1 unspecified atom stereocenters. The van der Waals surface area contributed by atoms with E-state index < -0.39 is 53.0 Å². The van der Waals surface area contributed by atoms with E-state index in [2.05, 4.69) is 15.9 Å². The summed E-state index contributed by atoms with van der Waals surface area (Å²) in [5.74, 6) is -2.21. The SMILES string of the molecule is C[C@]12CC(O)[C@@]3(F)[C@@H](C[C@@H](F)C4=CC(=O)C(Br)=C[C@@]43C)[C@@H]1CC[C@@H]2C(=O)CO. The number of halogens is 3. The van der Waals surface area contributed by atoms with Crippen molar-refractivity contribution in [2.24, 2.45) is 28.6 Å². The minimum atomic E-state index is -2.14. The highest BCUT2D eigenvalue weighted by Crippen LogP contribution is 2.69. The number of alkyl halides is 2. The van der Waals surface area contributed by atoms with Crippen LogP contribution in [0.25, 0.3) is 0 Å². The van der Waals surface area contributed by atoms with Gasteiger partial charge >= 0.3 is 0 Å². The quantitative estimate of drug-likeness (QED) is 0.666. The van der Waals surface area contributed by atoms with Crippen LogP contribution in [-0.2, 0) is 9.59 Å². The summed E-state index contributed by atoms with van der Waals surface area (Å²) in [5, 5.41) is 20.4. The van der Waals surface area contributed by atoms with E-state index in [0.29, 0.717) is 12.8 Å². The van der Waals surface area contributed by atoms with Gasteiger partial charge in [0.15, 0.2) is 17.2 Å². The highest BCUT2D eigenvalue weighted by atomic mass is 79.9. The first-order chi connectivity index (χ1) is 13.0. The molecule has 0 aliphatic heterocycles. The molecule has 4 rings (SSSR count). The first-order valence-corrected chi connectivity index (χ1v) is 10.6. The number of carbonyl (C=O) groups is 2. The molecule has 0 heterocycles. The molecular formula is C21H25BrF2O4. The van der Waals surface area contributed by atoms with Crippen molar-refractivity contribution in [3.63, 3.8) is 0 Å². The second kappa shape index (κ2) is 6.29. The molecule has 4 aliphatic rings. The molecule has 0 amide bonds. The van der Waals surface area contributed by atoms with Crippen LogP contribution in [0.2, 0.25) is 0 Å². The fourth-order valence-corrected chi connectivity index (χ4v) is 7.47. The van der Waals surface area contributed by atoms with Gasteiger partial charge in [-0.3, -0.25) is 9.59 Å². The smallest absolute Gasteiger partial charge is 0.192 e. The molecule has 4 nitrogen and oxygen atoms in total. The predicted molar refractivity (Wildman–Crippen MR) is 102 cm³/mol. The van der Waals surface area contributed by atoms with Crippen molar-refractivity contribution in [2.75, 3.05) is 6.61 Å². The van der Waals surface area contributed by atoms with Crippen LogP contribution in [0.4, 0.5) is 8.78 Å². The molecule has 154 valence electrons. The summed E-state index contributed by atoms with van der Waals surface area (Å²) < 4.78 is 32.2. The van der Waals surface area contributed by atoms with Crippen molar-refractivity contribution in [3.05, 3.63) is 22.2 Å². The third-order valence-corrected chi connectivity index (χ3v) is 8.85. The maximum absolute atomic E-state index is 16.9. The maximum atomic E-state index is 16.9. The zero-order chi connectivity index (χ0) is 20.6. The lowest BCUT2D eigenvalue weighted by atomic mass is 9.45. The lowest BCUT2D eigenvalue weighted by Crippen LogP contribution is -2.68. The van der Waals surface area contributed by atoms with Gasteiger partial charge in [-0.05, 0) is 71.5 Å². The summed E-state index contributed by atoms with van der Waals surface area (Å²) in [4.78, 5) is 24.4. The number of hydrogen-bond donors (Lipinski definition) is 2. The standard InChI is InChI=1S/C21H25BrF2O4/c1-19-8-18(28)21(24)12(10(19)3-4-11(19)17(27)9-25)5-15(23)13-6-16(26)14(22)7-20(13,21)2/h6-7,10-12,15,18,25,28H,3-5,8-9H2,1-2H3/t10-,11+,12-,15+,18?,19-,20-,21-/m0/s1. The highest BCUT2D eigenvalue weighted by Gasteiger charge is 2.72. The van der Waals surface area contributed by atoms with Gasteiger partial charge in [-0.1, -0.05) is 13.0 Å². The van der Waals surface area contributed by atoms with Gasteiger partial charge in [0.05, 0.1) is 10.6 Å². The van der Waals surface area contributed by atoms with Gasteiger partial charge in [0.2, 0.25) is 0 Å². The van der Waals surface area contributed by atoms with E-state index in [9.17, 15) is 19.8 Å². The van der Waals surface area contributed by atoms with Crippen molar-refractivity contribution >= 4 is 27.5 Å². The Balaban J connectivity index is 1.83. The fraction of sp³-hybridized carbons (Fsp3) is 0.714. The average molecular weight is 459 g/mol. The van der Waals surface area contributed by atoms with Crippen molar-refractivity contribution in [3.8, 4) is 0 Å². The third-order valence-electron chi connectivity index (χ3n) is 8.23. The largest absolute Gasteiger partial charge is 0.390 e. The topological polar surface area (TPSA) is 74.6 Å². The molecule has 0 radical (unpaired) electrons. The molecular weight excluding hydrogens is 434 g/mol. The van der Waals surface area contributed by atoms with Gasteiger partial charge in [-0.15, -0.1) is 0 Å². The van der Waals surface area contributed by atoms with Crippen LogP contribution >= 0.6 is 15.9 Å². The van der Waals surface area contributed by atoms with E-state index in [1.54, 1.807) is 6.92 Å². The van der Waals surface area contributed by atoms with Crippen LogP contribution in [-0.4, -0.2) is 46.3 Å². The van der Waals surface area contributed by atoms with Gasteiger partial charge in [0.1, 0.15) is 12.8 Å². The second-order valence-electron chi connectivity index (χ2n) is 9.32. The van der Waals surface area contributed by atoms with Crippen LogP contribution in [0.15, 0.2) is 22.2 Å². The summed E-state index contributed by atoms with van der Waals surface area (Å²) in [6, 6.07) is 0. The number of fused-ring (bicyclic) bond motifs is 5. The Morgan fingerprint density at radius 2 is 2.00 bits per heavy atom. The van der Waals surface area contributed by atoms with Crippen molar-refractivity contribution in [1.82, 2.24) is 0 Å². The Morgan fingerprint density at radius 3 is 2.64 bits per heavy atom. The summed E-state index contributed by atoms with van der Waals surface area (Å²) in [7, 11) is 0. The zero-order valence-electron chi connectivity index (χ0n) is 15.9. The summed E-state index contributed by atoms with van der Waals surface area (Å²) in [6.07, 6.45) is 0.711. The number of aliphatic hydroxyl groups is 2. The Hall–Kier alpha value is -0.920. The van der Waals surface area contributed by atoms with Crippen LogP contribution in [0.5, 0.6) is 0 Å². The number of aliphatic hydroxyl groups excluding tert-OH is 2. The Kier molecular flexibility index (Phi) is 4.57. The lowest BCUT2D eigenvalue weighted by molar-refractivity contribution is -0.202. The normalized spacial score (nSPS) is 50.2. The molecule has 3 fully saturated rings. The van der Waals surface area contributed by atoms with Crippen LogP contribution in [0.1, 0.15) is 39.5 Å². The van der Waals surface area contributed by atoms with Gasteiger partial charge in [-0.2, -0.15) is 0 Å². The summed E-state index contributed by atoms with van der Waals surface area (Å²) in [5.41, 5.74) is -4.17. The summed E-state index contributed by atoms with van der Waals surface area (Å²) >= 11 is 3.16. The third kappa shape index (κ3) is 2.33. The first-order valence-electron chi connectivity index (χ1n) is 9.80. The van der Waals surface area contributed by atoms with E-state index in [0.717, 1.165) is 0 Å². The monoisotopic (exact) mass is 458 g/mol. The first kappa shape index (κ1) is 20.4. The van der Waals surface area contributed by atoms with Gasteiger partial charge < -0.3 is 10.2 Å². The molecule has 28 heavy (non-hydrogen) atoms. The number of hydrogen-bond acceptors (Lipinski definition) is 4. The minimum Gasteiger partial charge on any atom is -0.390 e. The molecule has 0 aromatic carbocycles. The van der Waals surface area contributed by atoms with Crippen molar-refractivity contribution < 1.29 is 28.6 Å². The molecule has 0 spiro atoms. The van der Waals surface area contributed by atoms with E-state index >= 15 is 8.78 Å². The molecule has 8 atom stereocenters. The molecule has 3 saturated carbocycles. The Labute approximate surface area is 171 Å². The molecule has 0 bridgehead atoms. The van der Waals surface area contributed by atoms with E-state index in [-0.39, 0.29) is 34.6 Å². The number of ketones is 2. The molecule has 0 aromatic heterocycles. The van der Waals surface area contributed by atoms with Gasteiger partial charge in [-0.25, -0.2) is 8.78 Å².